The first-order valence-corrected chi connectivity index (χ1v) is 11.1. The molecular weight excluding hydrogens is 449 g/mol. The largest absolute Gasteiger partial charge is 0.361 e. The van der Waals surface area contributed by atoms with Gasteiger partial charge in [-0.05, 0) is 35.9 Å². The zero-order valence-corrected chi connectivity index (χ0v) is 18.5. The van der Waals surface area contributed by atoms with Crippen LogP contribution in [0.3, 0.4) is 0 Å². The van der Waals surface area contributed by atoms with Crippen molar-refractivity contribution in [1.29, 1.82) is 0 Å². The van der Waals surface area contributed by atoms with Crippen molar-refractivity contribution in [3.63, 3.8) is 0 Å². The number of hydrogen-bond acceptors (Lipinski definition) is 5. The van der Waals surface area contributed by atoms with Crippen LogP contribution in [0.2, 0.25) is 15.1 Å². The number of carbonyl (C=O) groups excluding carboxylic acids is 1. The molecule has 0 saturated carbocycles. The molecule has 1 aromatic heterocycles. The lowest BCUT2D eigenvalue weighted by atomic mass is 10.0. The minimum atomic E-state index is 0.0313. The van der Waals surface area contributed by atoms with Crippen LogP contribution in [0.25, 0.3) is 0 Å². The summed E-state index contributed by atoms with van der Waals surface area (Å²) >= 11 is 20.1. The second kappa shape index (κ2) is 9.02. The summed E-state index contributed by atoms with van der Waals surface area (Å²) in [5.74, 6) is 0.0489. The second-order valence-electron chi connectivity index (χ2n) is 6.85. The summed E-state index contributed by atoms with van der Waals surface area (Å²) in [5, 5.41) is 4.29. The number of ketones is 1. The number of rotatable bonds is 5. The van der Waals surface area contributed by atoms with Gasteiger partial charge in [-0.3, -0.25) is 9.69 Å². The lowest BCUT2D eigenvalue weighted by Gasteiger charge is -2.43. The van der Waals surface area contributed by atoms with Gasteiger partial charge in [-0.2, -0.15) is 0 Å². The molecule has 8 heteroatoms. The standard InChI is InChI=1S/C21H18Cl3N3OS/c22-15-3-1-14(2-4-15)19-12-26(13-20(28)21-25-7-10-29-21)8-9-27(19)18-6-5-16(23)11-17(18)24/h1-7,10-11,19H,8-9,12-13H2/t19-/m0/s1. The summed E-state index contributed by atoms with van der Waals surface area (Å²) in [7, 11) is 0. The minimum Gasteiger partial charge on any atom is -0.361 e. The van der Waals surface area contributed by atoms with Gasteiger partial charge in [-0.1, -0.05) is 46.9 Å². The molecule has 1 aliphatic rings. The molecule has 0 radical (unpaired) electrons. The summed E-state index contributed by atoms with van der Waals surface area (Å²) in [6, 6.07) is 13.4. The second-order valence-corrected chi connectivity index (χ2v) is 9.03. The average Bonchev–Trinajstić information content (AvgIpc) is 3.24. The van der Waals surface area contributed by atoms with E-state index < -0.39 is 0 Å². The molecule has 1 atom stereocenters. The predicted octanol–water partition coefficient (Wildman–Crippen LogP) is 5.85. The van der Waals surface area contributed by atoms with Gasteiger partial charge in [0.2, 0.25) is 5.78 Å². The highest BCUT2D eigenvalue weighted by atomic mass is 35.5. The van der Waals surface area contributed by atoms with Crippen molar-refractivity contribution in [2.75, 3.05) is 31.1 Å². The van der Waals surface area contributed by atoms with Crippen LogP contribution in [0.15, 0.2) is 54.0 Å². The Morgan fingerprint density at radius 2 is 1.83 bits per heavy atom. The van der Waals surface area contributed by atoms with Crippen molar-refractivity contribution in [2.24, 2.45) is 0 Å². The van der Waals surface area contributed by atoms with Gasteiger partial charge in [-0.25, -0.2) is 4.98 Å². The van der Waals surface area contributed by atoms with E-state index in [0.29, 0.717) is 33.2 Å². The van der Waals surface area contributed by atoms with Gasteiger partial charge < -0.3 is 4.90 Å². The summed E-state index contributed by atoms with van der Waals surface area (Å²) in [6.45, 7) is 2.53. The number of hydrogen-bond donors (Lipinski definition) is 0. The molecule has 0 amide bonds. The minimum absolute atomic E-state index is 0.0313. The van der Waals surface area contributed by atoms with E-state index in [9.17, 15) is 4.79 Å². The van der Waals surface area contributed by atoms with Crippen LogP contribution < -0.4 is 4.90 Å². The summed E-state index contributed by atoms with van der Waals surface area (Å²) in [4.78, 5) is 21.1. The van der Waals surface area contributed by atoms with Crippen molar-refractivity contribution >= 4 is 57.6 Å². The molecule has 2 heterocycles. The first-order chi connectivity index (χ1) is 14.0. The summed E-state index contributed by atoms with van der Waals surface area (Å²) < 4.78 is 0. The first-order valence-electron chi connectivity index (χ1n) is 9.13. The third kappa shape index (κ3) is 4.76. The van der Waals surface area contributed by atoms with Gasteiger partial charge in [0.25, 0.3) is 0 Å². The van der Waals surface area contributed by atoms with E-state index in [4.69, 9.17) is 34.8 Å². The third-order valence-electron chi connectivity index (χ3n) is 4.98. The number of nitrogens with zero attached hydrogens (tertiary/aromatic N) is 3. The van der Waals surface area contributed by atoms with Crippen LogP contribution in [0.1, 0.15) is 21.4 Å². The molecule has 1 fully saturated rings. The molecule has 0 spiro atoms. The maximum Gasteiger partial charge on any atom is 0.205 e. The normalized spacial score (nSPS) is 17.5. The Labute approximate surface area is 188 Å². The Morgan fingerprint density at radius 1 is 1.07 bits per heavy atom. The van der Waals surface area contributed by atoms with Crippen LogP contribution in [0.5, 0.6) is 0 Å². The summed E-state index contributed by atoms with van der Waals surface area (Å²) in [5.41, 5.74) is 2.05. The zero-order valence-electron chi connectivity index (χ0n) is 15.4. The fraction of sp³-hybridized carbons (Fsp3) is 0.238. The Balaban J connectivity index is 1.60. The molecule has 0 bridgehead atoms. The molecule has 29 heavy (non-hydrogen) atoms. The van der Waals surface area contributed by atoms with Gasteiger partial charge in [0.1, 0.15) is 0 Å². The van der Waals surface area contributed by atoms with E-state index >= 15 is 0 Å². The predicted molar refractivity (Wildman–Crippen MR) is 121 cm³/mol. The molecule has 0 N–H and O–H groups in total. The topological polar surface area (TPSA) is 36.4 Å². The van der Waals surface area contributed by atoms with E-state index in [1.54, 1.807) is 12.3 Å². The first kappa shape index (κ1) is 20.6. The Kier molecular flexibility index (Phi) is 6.42. The lowest BCUT2D eigenvalue weighted by Crippen LogP contribution is -2.50. The van der Waals surface area contributed by atoms with E-state index in [1.165, 1.54) is 11.3 Å². The highest BCUT2D eigenvalue weighted by Gasteiger charge is 2.31. The molecule has 1 saturated heterocycles. The van der Waals surface area contributed by atoms with Crippen molar-refractivity contribution in [2.45, 2.75) is 6.04 Å². The third-order valence-corrected chi connectivity index (χ3v) is 6.58. The van der Waals surface area contributed by atoms with Gasteiger partial charge in [0, 0.05) is 41.3 Å². The molecule has 4 rings (SSSR count). The number of benzene rings is 2. The van der Waals surface area contributed by atoms with Crippen LogP contribution in [0.4, 0.5) is 5.69 Å². The van der Waals surface area contributed by atoms with Crippen LogP contribution in [-0.2, 0) is 0 Å². The molecule has 4 nitrogen and oxygen atoms in total. The SMILES string of the molecule is O=C(CN1CCN(c2ccc(Cl)cc2Cl)[C@H](c2ccc(Cl)cc2)C1)c1nccs1. The number of Topliss-reactive ketones (excluding diaryl/α,β-unsaturated/α-hetero) is 1. The zero-order chi connectivity index (χ0) is 20.4. The van der Waals surface area contributed by atoms with Crippen LogP contribution in [-0.4, -0.2) is 41.8 Å². The lowest BCUT2D eigenvalue weighted by molar-refractivity contribution is 0.0914. The number of carbonyl (C=O) groups is 1. The summed E-state index contributed by atoms with van der Waals surface area (Å²) in [6.07, 6.45) is 1.66. The van der Waals surface area contributed by atoms with Crippen molar-refractivity contribution in [3.8, 4) is 0 Å². The quantitative estimate of drug-likeness (QED) is 0.442. The number of aromatic nitrogens is 1. The Morgan fingerprint density at radius 3 is 2.52 bits per heavy atom. The van der Waals surface area contributed by atoms with E-state index in [1.807, 2.05) is 41.8 Å². The molecule has 150 valence electrons. The smallest absolute Gasteiger partial charge is 0.205 e. The average molecular weight is 467 g/mol. The van der Waals surface area contributed by atoms with Crippen molar-refractivity contribution in [3.05, 3.63) is 79.7 Å². The highest BCUT2D eigenvalue weighted by Crippen LogP contribution is 2.36. The van der Waals surface area contributed by atoms with E-state index in [-0.39, 0.29) is 11.8 Å². The number of piperazine rings is 1. The van der Waals surface area contributed by atoms with Gasteiger partial charge >= 0.3 is 0 Å². The highest BCUT2D eigenvalue weighted by molar-refractivity contribution is 7.11. The molecule has 0 aliphatic carbocycles. The molecule has 3 aromatic rings. The fourth-order valence-electron chi connectivity index (χ4n) is 3.59. The Bertz CT molecular complexity index is 995. The molecule has 1 aliphatic heterocycles. The van der Waals surface area contributed by atoms with Crippen LogP contribution >= 0.6 is 46.1 Å². The molecular formula is C21H18Cl3N3OS. The molecule has 0 unspecified atom stereocenters. The van der Waals surface area contributed by atoms with Gasteiger partial charge in [-0.15, -0.1) is 11.3 Å². The number of halogens is 3. The fourth-order valence-corrected chi connectivity index (χ4v) is 4.80. The van der Waals surface area contributed by atoms with Crippen LogP contribution in [0, 0.1) is 0 Å². The van der Waals surface area contributed by atoms with Gasteiger partial charge in [0.15, 0.2) is 5.01 Å². The van der Waals surface area contributed by atoms with Crippen molar-refractivity contribution < 1.29 is 4.79 Å². The van der Waals surface area contributed by atoms with E-state index in [2.05, 4.69) is 14.8 Å². The van der Waals surface area contributed by atoms with E-state index in [0.717, 1.165) is 24.3 Å². The maximum absolute atomic E-state index is 12.5. The van der Waals surface area contributed by atoms with Crippen molar-refractivity contribution in [1.82, 2.24) is 9.88 Å². The number of anilines is 1. The Hall–Kier alpha value is -1.63. The maximum atomic E-state index is 12.5. The van der Waals surface area contributed by atoms with Gasteiger partial charge in [0.05, 0.1) is 23.3 Å². The monoisotopic (exact) mass is 465 g/mol. The number of thiazole rings is 1. The molecule has 2 aromatic carbocycles.